The molecule has 42 heavy (non-hydrogen) atoms. The number of amides is 2. The second-order valence-corrected chi connectivity index (χ2v) is 9.72. The summed E-state index contributed by atoms with van der Waals surface area (Å²) in [5.41, 5.74) is 3.49. The number of urea groups is 1. The van der Waals surface area contributed by atoms with Crippen molar-refractivity contribution in [3.05, 3.63) is 84.7 Å². The van der Waals surface area contributed by atoms with Gasteiger partial charge in [-0.3, -0.25) is 0 Å². The van der Waals surface area contributed by atoms with Crippen molar-refractivity contribution in [3.8, 4) is 17.6 Å². The molecule has 0 saturated carbocycles. The van der Waals surface area contributed by atoms with Gasteiger partial charge in [0.1, 0.15) is 29.5 Å². The lowest BCUT2D eigenvalue weighted by Gasteiger charge is -2.34. The maximum atomic E-state index is 13.7. The molecule has 3 aromatic carbocycles. The SMILES string of the molecule is COc1ccc(N(C(=O)Nc2ccc(C#N)cc2)c2cc(Nc3ccc(N4CCN(C)CC4)cc3)ncn2)c(OC)c1. The van der Waals surface area contributed by atoms with Crippen LogP contribution in [0.2, 0.25) is 0 Å². The topological polar surface area (TPSA) is 119 Å². The molecule has 0 radical (unpaired) electrons. The number of hydrogen-bond acceptors (Lipinski definition) is 9. The van der Waals surface area contributed by atoms with Gasteiger partial charge in [-0.05, 0) is 67.7 Å². The molecule has 1 fully saturated rings. The van der Waals surface area contributed by atoms with E-state index in [0.717, 1.165) is 31.9 Å². The van der Waals surface area contributed by atoms with Crippen LogP contribution in [0.4, 0.5) is 39.2 Å². The Hall–Kier alpha value is -5.34. The summed E-state index contributed by atoms with van der Waals surface area (Å²) in [5.74, 6) is 1.82. The molecule has 1 aliphatic rings. The van der Waals surface area contributed by atoms with E-state index in [1.807, 2.05) is 12.1 Å². The molecule has 11 heteroatoms. The number of benzene rings is 3. The first-order valence-corrected chi connectivity index (χ1v) is 13.4. The minimum atomic E-state index is -0.482. The number of carbonyl (C=O) groups is 1. The largest absolute Gasteiger partial charge is 0.497 e. The quantitative estimate of drug-likeness (QED) is 0.296. The van der Waals surface area contributed by atoms with Crippen molar-refractivity contribution in [2.45, 2.75) is 0 Å². The highest BCUT2D eigenvalue weighted by atomic mass is 16.5. The summed E-state index contributed by atoms with van der Waals surface area (Å²) in [6, 6.07) is 23.2. The molecule has 1 aromatic heterocycles. The first-order chi connectivity index (χ1) is 20.5. The number of likely N-dealkylation sites (N-methyl/N-ethyl adjacent to an activating group) is 1. The van der Waals surface area contributed by atoms with E-state index in [1.54, 1.807) is 55.6 Å². The van der Waals surface area contributed by atoms with E-state index in [0.29, 0.717) is 40.1 Å². The molecule has 0 atom stereocenters. The third kappa shape index (κ3) is 6.51. The zero-order valence-corrected chi connectivity index (χ0v) is 23.7. The number of hydrogen-bond donors (Lipinski definition) is 2. The number of rotatable bonds is 8. The van der Waals surface area contributed by atoms with Gasteiger partial charge in [-0.1, -0.05) is 0 Å². The van der Waals surface area contributed by atoms with Crippen molar-refractivity contribution in [3.63, 3.8) is 0 Å². The van der Waals surface area contributed by atoms with Crippen LogP contribution in [0.5, 0.6) is 11.5 Å². The molecule has 2 N–H and O–H groups in total. The maximum Gasteiger partial charge on any atom is 0.332 e. The highest BCUT2D eigenvalue weighted by Crippen LogP contribution is 2.37. The molecular weight excluding hydrogens is 532 g/mol. The minimum Gasteiger partial charge on any atom is -0.497 e. The Morgan fingerprint density at radius 1 is 0.905 bits per heavy atom. The Bertz CT molecular complexity index is 1560. The summed E-state index contributed by atoms with van der Waals surface area (Å²) in [4.78, 5) is 28.7. The minimum absolute atomic E-state index is 0.316. The van der Waals surface area contributed by atoms with Crippen LogP contribution in [-0.4, -0.2) is 68.3 Å². The molecule has 1 saturated heterocycles. The second kappa shape index (κ2) is 12.9. The number of carbonyl (C=O) groups excluding carboxylic acids is 1. The number of nitrogens with one attached hydrogen (secondary N) is 2. The molecule has 2 heterocycles. The van der Waals surface area contributed by atoms with Crippen molar-refractivity contribution < 1.29 is 14.3 Å². The summed E-state index contributed by atoms with van der Waals surface area (Å²) >= 11 is 0. The first-order valence-electron chi connectivity index (χ1n) is 13.4. The summed E-state index contributed by atoms with van der Waals surface area (Å²) in [7, 11) is 5.22. The third-order valence-corrected chi connectivity index (χ3v) is 6.99. The second-order valence-electron chi connectivity index (χ2n) is 9.72. The summed E-state index contributed by atoms with van der Waals surface area (Å²) < 4.78 is 11.0. The maximum absolute atomic E-state index is 13.7. The summed E-state index contributed by atoms with van der Waals surface area (Å²) in [6.07, 6.45) is 1.40. The van der Waals surface area contributed by atoms with Crippen molar-refractivity contribution in [1.29, 1.82) is 5.26 Å². The smallest absolute Gasteiger partial charge is 0.332 e. The van der Waals surface area contributed by atoms with Gasteiger partial charge < -0.3 is 29.9 Å². The van der Waals surface area contributed by atoms with Crippen LogP contribution in [0, 0.1) is 11.3 Å². The average molecular weight is 565 g/mol. The number of nitrogens with zero attached hydrogens (tertiary/aromatic N) is 6. The Kier molecular flexibility index (Phi) is 8.65. The van der Waals surface area contributed by atoms with Crippen molar-refractivity contribution in [1.82, 2.24) is 14.9 Å². The van der Waals surface area contributed by atoms with Crippen LogP contribution >= 0.6 is 0 Å². The Balaban J connectivity index is 1.42. The number of methoxy groups -OCH3 is 2. The van der Waals surface area contributed by atoms with Gasteiger partial charge in [0, 0.05) is 55.4 Å². The number of piperazine rings is 1. The predicted molar refractivity (Wildman–Crippen MR) is 163 cm³/mol. The molecule has 0 aliphatic carbocycles. The molecular formula is C31H32N8O3. The fourth-order valence-electron chi connectivity index (χ4n) is 4.62. The molecule has 2 amide bonds. The van der Waals surface area contributed by atoms with Crippen LogP contribution < -0.4 is 29.9 Å². The van der Waals surface area contributed by atoms with Gasteiger partial charge in [-0.2, -0.15) is 5.26 Å². The van der Waals surface area contributed by atoms with Gasteiger partial charge in [-0.15, -0.1) is 0 Å². The fraction of sp³-hybridized carbons (Fsp3) is 0.226. The molecule has 11 nitrogen and oxygen atoms in total. The van der Waals surface area contributed by atoms with E-state index in [9.17, 15) is 4.79 Å². The first kappa shape index (κ1) is 28.2. The van der Waals surface area contributed by atoms with E-state index < -0.39 is 6.03 Å². The Labute approximate surface area is 244 Å². The lowest BCUT2D eigenvalue weighted by Crippen LogP contribution is -2.44. The molecule has 1 aliphatic heterocycles. The van der Waals surface area contributed by atoms with E-state index in [4.69, 9.17) is 14.7 Å². The Morgan fingerprint density at radius 2 is 1.62 bits per heavy atom. The monoisotopic (exact) mass is 564 g/mol. The average Bonchev–Trinajstić information content (AvgIpc) is 3.02. The van der Waals surface area contributed by atoms with Crippen molar-refractivity contribution in [2.24, 2.45) is 0 Å². The zero-order valence-electron chi connectivity index (χ0n) is 23.7. The van der Waals surface area contributed by atoms with Gasteiger partial charge in [0.15, 0.2) is 0 Å². The molecule has 4 aromatic rings. The Morgan fingerprint density at radius 3 is 2.29 bits per heavy atom. The van der Waals surface area contributed by atoms with E-state index >= 15 is 0 Å². The van der Waals surface area contributed by atoms with Gasteiger partial charge in [0.25, 0.3) is 0 Å². The summed E-state index contributed by atoms with van der Waals surface area (Å²) in [6.45, 7) is 4.07. The van der Waals surface area contributed by atoms with E-state index in [-0.39, 0.29) is 0 Å². The van der Waals surface area contributed by atoms with Crippen LogP contribution in [-0.2, 0) is 0 Å². The normalized spacial score (nSPS) is 13.1. The van der Waals surface area contributed by atoms with Crippen LogP contribution in [0.3, 0.4) is 0 Å². The molecule has 214 valence electrons. The van der Waals surface area contributed by atoms with Crippen LogP contribution in [0.1, 0.15) is 5.56 Å². The van der Waals surface area contributed by atoms with Crippen molar-refractivity contribution in [2.75, 3.05) is 67.9 Å². The fourth-order valence-corrected chi connectivity index (χ4v) is 4.62. The van der Waals surface area contributed by atoms with E-state index in [2.05, 4.69) is 55.7 Å². The van der Waals surface area contributed by atoms with Gasteiger partial charge >= 0.3 is 6.03 Å². The molecule has 5 rings (SSSR count). The highest BCUT2D eigenvalue weighted by molar-refractivity contribution is 6.07. The predicted octanol–water partition coefficient (Wildman–Crippen LogP) is 5.23. The third-order valence-electron chi connectivity index (χ3n) is 6.99. The molecule has 0 unspecified atom stereocenters. The van der Waals surface area contributed by atoms with Gasteiger partial charge in [0.05, 0.1) is 31.5 Å². The molecule has 0 bridgehead atoms. The lowest BCUT2D eigenvalue weighted by atomic mass is 10.2. The number of ether oxygens (including phenoxy) is 2. The standard InChI is InChI=1S/C31H32N8O3/c1-37-14-16-38(17-15-37)25-10-8-23(9-11-25)35-29-19-30(34-21-33-29)39(27-13-12-26(41-2)18-28(27)42-3)31(40)36-24-6-4-22(20-32)5-7-24/h4-13,18-19,21H,14-17H2,1-3H3,(H,36,40)(H,33,34,35). The van der Waals surface area contributed by atoms with Gasteiger partial charge in [-0.25, -0.2) is 19.7 Å². The lowest BCUT2D eigenvalue weighted by molar-refractivity contribution is 0.258. The zero-order chi connectivity index (χ0) is 29.5. The molecule has 0 spiro atoms. The number of anilines is 6. The number of nitriles is 1. The van der Waals surface area contributed by atoms with Crippen molar-refractivity contribution >= 4 is 40.4 Å². The number of aromatic nitrogens is 2. The van der Waals surface area contributed by atoms with Gasteiger partial charge in [0.2, 0.25) is 0 Å². The highest BCUT2D eigenvalue weighted by Gasteiger charge is 2.24. The van der Waals surface area contributed by atoms with E-state index in [1.165, 1.54) is 24.0 Å². The van der Waals surface area contributed by atoms with Crippen LogP contribution in [0.25, 0.3) is 0 Å². The summed E-state index contributed by atoms with van der Waals surface area (Å²) in [5, 5.41) is 15.3. The van der Waals surface area contributed by atoms with Crippen LogP contribution in [0.15, 0.2) is 79.1 Å².